The molecule has 2 saturated heterocycles. The first-order chi connectivity index (χ1) is 8.87. The van der Waals surface area contributed by atoms with Crippen molar-refractivity contribution in [3.63, 3.8) is 0 Å². The van der Waals surface area contributed by atoms with Crippen LogP contribution >= 0.6 is 11.3 Å². The van der Waals surface area contributed by atoms with E-state index in [0.29, 0.717) is 0 Å². The molecule has 1 aromatic heterocycles. The highest BCUT2D eigenvalue weighted by atomic mass is 32.1. The molecule has 0 amide bonds. The van der Waals surface area contributed by atoms with Crippen LogP contribution in [-0.4, -0.2) is 17.1 Å². The van der Waals surface area contributed by atoms with Crippen LogP contribution in [0.15, 0.2) is 24.3 Å². The summed E-state index contributed by atoms with van der Waals surface area (Å²) in [6.45, 7) is 0. The Morgan fingerprint density at radius 2 is 1.94 bits per heavy atom. The largest absolute Gasteiger partial charge is 0.311 e. The van der Waals surface area contributed by atoms with Crippen LogP contribution in [0.4, 0.5) is 0 Å². The van der Waals surface area contributed by atoms with Crippen LogP contribution in [0.3, 0.4) is 0 Å². The number of nitrogens with zero attached hydrogens (tertiary/aromatic N) is 1. The average molecular weight is 258 g/mol. The lowest BCUT2D eigenvalue weighted by Crippen LogP contribution is -2.38. The maximum Gasteiger partial charge on any atom is 0.0941 e. The van der Waals surface area contributed by atoms with Gasteiger partial charge < -0.3 is 5.32 Å². The Hall–Kier alpha value is -0.930. The number of rotatable bonds is 2. The van der Waals surface area contributed by atoms with E-state index in [1.54, 1.807) is 0 Å². The van der Waals surface area contributed by atoms with Gasteiger partial charge in [-0.05, 0) is 43.7 Å². The summed E-state index contributed by atoms with van der Waals surface area (Å²) < 4.78 is 1.34. The fourth-order valence-electron chi connectivity index (χ4n) is 3.60. The van der Waals surface area contributed by atoms with Gasteiger partial charge in [0.05, 0.1) is 15.2 Å². The van der Waals surface area contributed by atoms with E-state index in [1.807, 2.05) is 11.3 Å². The first-order valence-electron chi connectivity index (χ1n) is 6.97. The molecule has 94 valence electrons. The monoisotopic (exact) mass is 258 g/mol. The fraction of sp³-hybridized carbons (Fsp3) is 0.533. The van der Waals surface area contributed by atoms with Crippen molar-refractivity contribution in [3.05, 3.63) is 29.3 Å². The summed E-state index contributed by atoms with van der Waals surface area (Å²) in [5.41, 5.74) is 1.18. The van der Waals surface area contributed by atoms with Crippen LogP contribution in [0.1, 0.15) is 30.7 Å². The fourth-order valence-corrected chi connectivity index (χ4v) is 4.68. The van der Waals surface area contributed by atoms with Gasteiger partial charge in [0.1, 0.15) is 0 Å². The number of aromatic nitrogens is 1. The Bertz CT molecular complexity index is 517. The van der Waals surface area contributed by atoms with E-state index < -0.39 is 0 Å². The van der Waals surface area contributed by atoms with Crippen molar-refractivity contribution in [1.29, 1.82) is 0 Å². The molecule has 2 nitrogen and oxygen atoms in total. The molecule has 18 heavy (non-hydrogen) atoms. The number of fused-ring (bicyclic) bond motifs is 3. The molecule has 1 aromatic carbocycles. The number of piperidine rings is 1. The first-order valence-corrected chi connectivity index (χ1v) is 7.79. The van der Waals surface area contributed by atoms with Gasteiger partial charge in [0.25, 0.3) is 0 Å². The molecule has 0 saturated carbocycles. The predicted octanol–water partition coefficient (Wildman–Crippen LogP) is 3.37. The van der Waals surface area contributed by atoms with Crippen molar-refractivity contribution >= 4 is 21.6 Å². The second kappa shape index (κ2) is 4.32. The molecule has 2 aliphatic rings. The van der Waals surface area contributed by atoms with Gasteiger partial charge in [0.2, 0.25) is 0 Å². The third kappa shape index (κ3) is 1.95. The maximum atomic E-state index is 4.78. The van der Waals surface area contributed by atoms with Crippen molar-refractivity contribution in [3.8, 4) is 0 Å². The minimum absolute atomic E-state index is 0.795. The summed E-state index contributed by atoms with van der Waals surface area (Å²) in [6.07, 6.45) is 6.68. The van der Waals surface area contributed by atoms with Crippen LogP contribution in [0.25, 0.3) is 10.2 Å². The van der Waals surface area contributed by atoms with Gasteiger partial charge >= 0.3 is 0 Å². The SMILES string of the molecule is c1ccc2sc(CC3CC4CCC(C3)N4)nc2c1. The number of nitrogens with one attached hydrogen (secondary N) is 1. The molecule has 0 radical (unpaired) electrons. The Morgan fingerprint density at radius 1 is 1.17 bits per heavy atom. The lowest BCUT2D eigenvalue weighted by atomic mass is 9.90. The molecule has 3 heterocycles. The molecule has 1 N–H and O–H groups in total. The average Bonchev–Trinajstić information content (AvgIpc) is 2.92. The Labute approximate surface area is 111 Å². The third-order valence-corrected chi connectivity index (χ3v) is 5.43. The van der Waals surface area contributed by atoms with Crippen molar-refractivity contribution < 1.29 is 0 Å². The van der Waals surface area contributed by atoms with Crippen LogP contribution in [-0.2, 0) is 6.42 Å². The molecule has 4 rings (SSSR count). The molecular weight excluding hydrogens is 240 g/mol. The van der Waals surface area contributed by atoms with E-state index in [-0.39, 0.29) is 0 Å². The number of benzene rings is 1. The van der Waals surface area contributed by atoms with Crippen LogP contribution in [0, 0.1) is 5.92 Å². The summed E-state index contributed by atoms with van der Waals surface area (Å²) >= 11 is 1.88. The van der Waals surface area contributed by atoms with E-state index in [9.17, 15) is 0 Å². The standard InChI is InChI=1S/C15H18N2S/c1-2-4-14-13(3-1)17-15(18-14)9-10-7-11-5-6-12(8-10)16-11/h1-4,10-12,16H,5-9H2. The zero-order valence-corrected chi connectivity index (χ0v) is 11.2. The molecule has 2 atom stereocenters. The summed E-state index contributed by atoms with van der Waals surface area (Å²) in [5, 5.41) is 5.05. The molecule has 2 aromatic rings. The molecule has 0 aliphatic carbocycles. The van der Waals surface area contributed by atoms with E-state index in [2.05, 4.69) is 29.6 Å². The van der Waals surface area contributed by atoms with Crippen molar-refractivity contribution in [2.75, 3.05) is 0 Å². The highest BCUT2D eigenvalue weighted by molar-refractivity contribution is 7.18. The quantitative estimate of drug-likeness (QED) is 0.893. The summed E-state index contributed by atoms with van der Waals surface area (Å²) in [6, 6.07) is 10.1. The van der Waals surface area contributed by atoms with Gasteiger partial charge in [0.15, 0.2) is 0 Å². The van der Waals surface area contributed by atoms with Crippen LogP contribution in [0.2, 0.25) is 0 Å². The normalized spacial score (nSPS) is 31.0. The highest BCUT2D eigenvalue weighted by Crippen LogP contribution is 2.34. The molecular formula is C15H18N2S. The second-order valence-electron chi connectivity index (χ2n) is 5.75. The highest BCUT2D eigenvalue weighted by Gasteiger charge is 2.33. The smallest absolute Gasteiger partial charge is 0.0941 e. The van der Waals surface area contributed by atoms with Crippen molar-refractivity contribution in [1.82, 2.24) is 10.3 Å². The van der Waals surface area contributed by atoms with E-state index in [4.69, 9.17) is 4.98 Å². The lowest BCUT2D eigenvalue weighted by Gasteiger charge is -2.28. The lowest BCUT2D eigenvalue weighted by molar-refractivity contribution is 0.298. The van der Waals surface area contributed by atoms with Gasteiger partial charge in [-0.2, -0.15) is 0 Å². The van der Waals surface area contributed by atoms with E-state index in [1.165, 1.54) is 47.3 Å². The maximum absolute atomic E-state index is 4.78. The number of thiazole rings is 1. The Balaban J connectivity index is 1.54. The summed E-state index contributed by atoms with van der Waals surface area (Å²) in [4.78, 5) is 4.78. The Morgan fingerprint density at radius 3 is 2.72 bits per heavy atom. The first kappa shape index (κ1) is 10.9. The van der Waals surface area contributed by atoms with Gasteiger partial charge in [-0.15, -0.1) is 11.3 Å². The molecule has 2 unspecified atom stereocenters. The van der Waals surface area contributed by atoms with Crippen LogP contribution in [0.5, 0.6) is 0 Å². The topological polar surface area (TPSA) is 24.9 Å². The van der Waals surface area contributed by atoms with Gasteiger partial charge in [0, 0.05) is 18.5 Å². The molecule has 0 spiro atoms. The molecule has 2 aliphatic heterocycles. The molecule has 3 heteroatoms. The van der Waals surface area contributed by atoms with Gasteiger partial charge in [-0.3, -0.25) is 0 Å². The molecule has 2 bridgehead atoms. The predicted molar refractivity (Wildman–Crippen MR) is 76.0 cm³/mol. The van der Waals surface area contributed by atoms with Crippen molar-refractivity contribution in [2.45, 2.75) is 44.2 Å². The number of para-hydroxylation sites is 1. The van der Waals surface area contributed by atoms with E-state index >= 15 is 0 Å². The minimum atomic E-state index is 0.795. The number of hydrogen-bond donors (Lipinski definition) is 1. The Kier molecular flexibility index (Phi) is 2.63. The summed E-state index contributed by atoms with van der Waals surface area (Å²) in [5.74, 6) is 0.851. The second-order valence-corrected chi connectivity index (χ2v) is 6.87. The minimum Gasteiger partial charge on any atom is -0.311 e. The molecule has 2 fully saturated rings. The van der Waals surface area contributed by atoms with E-state index in [0.717, 1.165) is 18.0 Å². The third-order valence-electron chi connectivity index (χ3n) is 4.37. The number of hydrogen-bond acceptors (Lipinski definition) is 3. The van der Waals surface area contributed by atoms with Crippen molar-refractivity contribution in [2.24, 2.45) is 5.92 Å². The van der Waals surface area contributed by atoms with Gasteiger partial charge in [-0.1, -0.05) is 12.1 Å². The van der Waals surface area contributed by atoms with Crippen LogP contribution < -0.4 is 5.32 Å². The zero-order valence-electron chi connectivity index (χ0n) is 10.4. The summed E-state index contributed by atoms with van der Waals surface area (Å²) in [7, 11) is 0. The zero-order chi connectivity index (χ0) is 11.9. The van der Waals surface area contributed by atoms with Gasteiger partial charge in [-0.25, -0.2) is 4.98 Å².